The molecule has 2 N–H and O–H groups in total. The number of imidazole rings is 1. The maximum Gasteiger partial charge on any atom is 0.196 e. The fraction of sp³-hybridized carbons (Fsp3) is 0.0714. The van der Waals surface area contributed by atoms with Gasteiger partial charge in [0.25, 0.3) is 0 Å². The molecule has 0 saturated heterocycles. The number of nitrogens with zero attached hydrogens (tertiary/aromatic N) is 2. The van der Waals surface area contributed by atoms with Crippen molar-refractivity contribution in [1.29, 1.82) is 0 Å². The Morgan fingerprint density at radius 1 is 1.15 bits per heavy atom. The number of hydrogen-bond donors (Lipinski definition) is 1. The molecule has 0 spiro atoms. The second-order valence-electron chi connectivity index (χ2n) is 4.43. The minimum Gasteiger partial charge on any atom is -0.463 e. The topological polar surface area (TPSA) is 69.6 Å². The first-order chi connectivity index (χ1) is 9.75. The molecule has 0 amide bonds. The zero-order valence-corrected chi connectivity index (χ0v) is 11.5. The maximum absolute atomic E-state index is 6.26. The smallest absolute Gasteiger partial charge is 0.196 e. The van der Waals surface area contributed by atoms with Gasteiger partial charge in [-0.3, -0.25) is 4.40 Å². The lowest BCUT2D eigenvalue weighted by Gasteiger charge is -2.00. The molecule has 0 aliphatic heterocycles. The predicted molar refractivity (Wildman–Crippen MR) is 77.6 cm³/mol. The van der Waals surface area contributed by atoms with Crippen LogP contribution in [0.15, 0.2) is 45.6 Å². The summed E-state index contributed by atoms with van der Waals surface area (Å²) in [6.07, 6.45) is 3.26. The van der Waals surface area contributed by atoms with Crippen LogP contribution >= 0.6 is 11.3 Å². The third-order valence-electron chi connectivity index (χ3n) is 3.19. The maximum atomic E-state index is 6.26. The van der Waals surface area contributed by atoms with Crippen LogP contribution in [0.2, 0.25) is 0 Å². The van der Waals surface area contributed by atoms with Crippen molar-refractivity contribution in [2.75, 3.05) is 5.73 Å². The second kappa shape index (κ2) is 4.01. The van der Waals surface area contributed by atoms with E-state index in [2.05, 4.69) is 4.98 Å². The number of aryl methyl sites for hydroxylation is 1. The van der Waals surface area contributed by atoms with Crippen molar-refractivity contribution in [3.05, 3.63) is 41.7 Å². The summed E-state index contributed by atoms with van der Waals surface area (Å²) < 4.78 is 12.8. The average Bonchev–Trinajstić information content (AvgIpc) is 3.16. The Bertz CT molecular complexity index is 870. The van der Waals surface area contributed by atoms with Crippen LogP contribution in [-0.4, -0.2) is 9.38 Å². The van der Waals surface area contributed by atoms with Crippen molar-refractivity contribution >= 4 is 22.1 Å². The van der Waals surface area contributed by atoms with Crippen molar-refractivity contribution in [3.63, 3.8) is 0 Å². The van der Waals surface area contributed by atoms with Crippen molar-refractivity contribution in [2.45, 2.75) is 6.92 Å². The highest BCUT2D eigenvalue weighted by Gasteiger charge is 2.21. The first kappa shape index (κ1) is 11.4. The van der Waals surface area contributed by atoms with E-state index < -0.39 is 0 Å². The zero-order valence-electron chi connectivity index (χ0n) is 10.7. The van der Waals surface area contributed by atoms with Gasteiger partial charge in [0.15, 0.2) is 16.5 Å². The molecule has 100 valence electrons. The Labute approximate surface area is 118 Å². The fourth-order valence-electron chi connectivity index (χ4n) is 2.33. The molecule has 4 heterocycles. The van der Waals surface area contributed by atoms with E-state index in [4.69, 9.17) is 14.6 Å². The van der Waals surface area contributed by atoms with Gasteiger partial charge in [0.2, 0.25) is 0 Å². The van der Waals surface area contributed by atoms with Crippen molar-refractivity contribution in [1.82, 2.24) is 9.38 Å². The zero-order chi connectivity index (χ0) is 13.7. The Morgan fingerprint density at radius 2 is 1.85 bits per heavy atom. The highest BCUT2D eigenvalue weighted by Crippen LogP contribution is 2.37. The van der Waals surface area contributed by atoms with E-state index in [-0.39, 0.29) is 0 Å². The molecular formula is C14H11N3O2S. The summed E-state index contributed by atoms with van der Waals surface area (Å²) in [4.78, 5) is 6.51. The van der Waals surface area contributed by atoms with E-state index in [1.54, 1.807) is 23.9 Å². The summed E-state index contributed by atoms with van der Waals surface area (Å²) in [6, 6.07) is 7.45. The predicted octanol–water partition coefficient (Wildman–Crippen LogP) is 3.81. The SMILES string of the molecule is Cc1sc2nc(-c3ccco3)c(N)n2c1-c1ccco1. The molecular weight excluding hydrogens is 274 g/mol. The normalized spacial score (nSPS) is 11.4. The van der Waals surface area contributed by atoms with Crippen LogP contribution in [0.5, 0.6) is 0 Å². The Morgan fingerprint density at radius 3 is 2.50 bits per heavy atom. The van der Waals surface area contributed by atoms with Gasteiger partial charge in [-0.15, -0.1) is 11.3 Å². The molecule has 0 saturated carbocycles. The van der Waals surface area contributed by atoms with Gasteiger partial charge >= 0.3 is 0 Å². The van der Waals surface area contributed by atoms with E-state index in [0.717, 1.165) is 21.3 Å². The first-order valence-corrected chi connectivity index (χ1v) is 6.92. The molecule has 6 heteroatoms. The van der Waals surface area contributed by atoms with Crippen LogP contribution in [0.4, 0.5) is 5.82 Å². The van der Waals surface area contributed by atoms with E-state index in [1.165, 1.54) is 0 Å². The molecule has 0 radical (unpaired) electrons. The van der Waals surface area contributed by atoms with Crippen LogP contribution in [0.3, 0.4) is 0 Å². The van der Waals surface area contributed by atoms with Gasteiger partial charge in [-0.05, 0) is 31.2 Å². The number of anilines is 1. The minimum absolute atomic E-state index is 0.561. The second-order valence-corrected chi connectivity index (χ2v) is 5.61. The van der Waals surface area contributed by atoms with Crippen LogP contribution in [0, 0.1) is 6.92 Å². The Balaban J connectivity index is 2.04. The van der Waals surface area contributed by atoms with E-state index in [9.17, 15) is 0 Å². The third kappa shape index (κ3) is 1.45. The number of furan rings is 2. The number of thiazole rings is 1. The monoisotopic (exact) mass is 285 g/mol. The molecule has 0 aliphatic carbocycles. The van der Waals surface area contributed by atoms with E-state index in [1.807, 2.05) is 35.6 Å². The van der Waals surface area contributed by atoms with Crippen molar-refractivity contribution < 1.29 is 8.83 Å². The van der Waals surface area contributed by atoms with Gasteiger partial charge in [-0.1, -0.05) is 0 Å². The molecule has 0 aromatic carbocycles. The van der Waals surface area contributed by atoms with E-state index in [0.29, 0.717) is 17.3 Å². The number of nitrogen functional groups attached to an aromatic ring is 1. The molecule has 20 heavy (non-hydrogen) atoms. The van der Waals surface area contributed by atoms with Crippen molar-refractivity contribution in [2.24, 2.45) is 0 Å². The van der Waals surface area contributed by atoms with Crippen LogP contribution < -0.4 is 5.73 Å². The van der Waals surface area contributed by atoms with Gasteiger partial charge in [0, 0.05) is 4.88 Å². The molecule has 0 unspecified atom stereocenters. The fourth-order valence-corrected chi connectivity index (χ4v) is 3.31. The Kier molecular flexibility index (Phi) is 2.28. The molecule has 4 aromatic heterocycles. The highest BCUT2D eigenvalue weighted by molar-refractivity contribution is 7.17. The van der Waals surface area contributed by atoms with Crippen LogP contribution in [-0.2, 0) is 0 Å². The standard InChI is InChI=1S/C14H11N3O2S/c1-8-12(10-5-3-7-19-10)17-13(15)11(16-14(17)20-8)9-4-2-6-18-9/h2-7H,15H2,1H3. The van der Waals surface area contributed by atoms with Crippen LogP contribution in [0.25, 0.3) is 27.9 Å². The highest BCUT2D eigenvalue weighted by atomic mass is 32.1. The summed E-state index contributed by atoms with van der Waals surface area (Å²) >= 11 is 1.58. The minimum atomic E-state index is 0.561. The number of fused-ring (bicyclic) bond motifs is 1. The van der Waals surface area contributed by atoms with Gasteiger partial charge in [-0.2, -0.15) is 0 Å². The summed E-state index contributed by atoms with van der Waals surface area (Å²) in [5.74, 6) is 2.01. The molecule has 4 rings (SSSR count). The van der Waals surface area contributed by atoms with Gasteiger partial charge < -0.3 is 14.6 Å². The molecule has 0 fully saturated rings. The quantitative estimate of drug-likeness (QED) is 0.608. The number of hydrogen-bond acceptors (Lipinski definition) is 5. The summed E-state index contributed by atoms with van der Waals surface area (Å²) in [6.45, 7) is 2.03. The number of nitrogens with two attached hydrogens (primary N) is 1. The average molecular weight is 285 g/mol. The lowest BCUT2D eigenvalue weighted by atomic mass is 10.3. The molecule has 5 nitrogen and oxygen atoms in total. The summed E-state index contributed by atoms with van der Waals surface area (Å²) in [5.41, 5.74) is 7.86. The number of aromatic nitrogens is 2. The molecule has 0 bridgehead atoms. The molecule has 0 atom stereocenters. The first-order valence-electron chi connectivity index (χ1n) is 6.11. The van der Waals surface area contributed by atoms with Crippen LogP contribution in [0.1, 0.15) is 4.88 Å². The molecule has 4 aromatic rings. The largest absolute Gasteiger partial charge is 0.463 e. The summed E-state index contributed by atoms with van der Waals surface area (Å²) in [7, 11) is 0. The molecule has 0 aliphatic rings. The van der Waals surface area contributed by atoms with Gasteiger partial charge in [0.05, 0.1) is 12.5 Å². The van der Waals surface area contributed by atoms with E-state index >= 15 is 0 Å². The number of rotatable bonds is 2. The van der Waals surface area contributed by atoms with Gasteiger partial charge in [-0.25, -0.2) is 4.98 Å². The van der Waals surface area contributed by atoms with Crippen molar-refractivity contribution in [3.8, 4) is 22.9 Å². The lowest BCUT2D eigenvalue weighted by molar-refractivity contribution is 0.578. The van der Waals surface area contributed by atoms with Gasteiger partial charge in [0.1, 0.15) is 17.2 Å². The summed E-state index contributed by atoms with van der Waals surface area (Å²) in [5, 5.41) is 0. The Hall–Kier alpha value is -2.47. The third-order valence-corrected chi connectivity index (χ3v) is 4.15. The lowest BCUT2D eigenvalue weighted by Crippen LogP contribution is -1.95.